The average molecular weight is 476 g/mol. The van der Waals surface area contributed by atoms with Gasteiger partial charge < -0.3 is 9.47 Å². The number of thioether (sulfide) groups is 1. The Morgan fingerprint density at radius 2 is 2.00 bits per heavy atom. The molecule has 0 saturated carbocycles. The molecule has 1 aliphatic heterocycles. The van der Waals surface area contributed by atoms with E-state index in [4.69, 9.17) is 15.9 Å². The molecule has 1 saturated heterocycles. The summed E-state index contributed by atoms with van der Waals surface area (Å²) in [5.41, 5.74) is 1.45. The first-order valence-corrected chi connectivity index (χ1v) is 9.97. The first kappa shape index (κ1) is 21.0. The van der Waals surface area contributed by atoms with Gasteiger partial charge in [-0.15, -0.1) is 6.42 Å². The zero-order valence-corrected chi connectivity index (χ0v) is 17.7. The van der Waals surface area contributed by atoms with E-state index in [0.29, 0.717) is 21.5 Å². The second kappa shape index (κ2) is 9.16. The van der Waals surface area contributed by atoms with Crippen molar-refractivity contribution >= 4 is 44.9 Å². The zero-order valence-electron chi connectivity index (χ0n) is 15.3. The standard InChI is InChI=1S/C21H15BrFNO4S/c1-3-8-24-20(25)18(29-21(24)26)11-14-9-16(22)19(17(10-14)27-2)28-12-13-4-6-15(23)7-5-13/h1,4-7,9-11H,8,12H2,2H3/b18-11-. The number of methoxy groups -OCH3 is 1. The van der Waals surface area contributed by atoms with Crippen molar-refractivity contribution < 1.29 is 23.5 Å². The van der Waals surface area contributed by atoms with Gasteiger partial charge in [-0.3, -0.25) is 14.5 Å². The zero-order chi connectivity index (χ0) is 21.0. The number of imide groups is 1. The SMILES string of the molecule is C#CCN1C(=O)S/C(=C\c2cc(Br)c(OCc3ccc(F)cc3)c(OC)c2)C1=O. The molecule has 0 N–H and O–H groups in total. The molecular weight excluding hydrogens is 461 g/mol. The minimum atomic E-state index is -0.426. The van der Waals surface area contributed by atoms with Crippen LogP contribution in [0.3, 0.4) is 0 Å². The van der Waals surface area contributed by atoms with Crippen LogP contribution < -0.4 is 9.47 Å². The number of benzene rings is 2. The van der Waals surface area contributed by atoms with Crippen LogP contribution in [0.1, 0.15) is 11.1 Å². The molecule has 1 aliphatic rings. The number of hydrogen-bond acceptors (Lipinski definition) is 5. The van der Waals surface area contributed by atoms with Gasteiger partial charge in [-0.05, 0) is 69.2 Å². The van der Waals surface area contributed by atoms with E-state index in [1.807, 2.05) is 0 Å². The maximum absolute atomic E-state index is 13.0. The van der Waals surface area contributed by atoms with Crippen LogP contribution in [0.15, 0.2) is 45.8 Å². The normalized spacial score (nSPS) is 15.0. The quantitative estimate of drug-likeness (QED) is 0.441. The van der Waals surface area contributed by atoms with E-state index in [-0.39, 0.29) is 23.9 Å². The van der Waals surface area contributed by atoms with Gasteiger partial charge >= 0.3 is 0 Å². The maximum Gasteiger partial charge on any atom is 0.294 e. The molecule has 3 rings (SSSR count). The second-order valence-electron chi connectivity index (χ2n) is 5.92. The molecule has 0 spiro atoms. The number of halogens is 2. The number of rotatable bonds is 6. The first-order valence-electron chi connectivity index (χ1n) is 8.36. The number of terminal acetylenes is 1. The fourth-order valence-corrected chi connectivity index (χ4v) is 3.99. The van der Waals surface area contributed by atoms with Crippen LogP contribution in [0.4, 0.5) is 9.18 Å². The minimum absolute atomic E-state index is 0.0643. The monoisotopic (exact) mass is 475 g/mol. The molecule has 1 fully saturated rings. The van der Waals surface area contributed by atoms with E-state index in [1.165, 1.54) is 19.2 Å². The lowest BCUT2D eigenvalue weighted by molar-refractivity contribution is -0.122. The van der Waals surface area contributed by atoms with E-state index >= 15 is 0 Å². The highest BCUT2D eigenvalue weighted by atomic mass is 79.9. The third-order valence-electron chi connectivity index (χ3n) is 3.97. The summed E-state index contributed by atoms with van der Waals surface area (Å²) in [5.74, 6) is 2.46. The maximum atomic E-state index is 13.0. The second-order valence-corrected chi connectivity index (χ2v) is 7.77. The summed E-state index contributed by atoms with van der Waals surface area (Å²) in [6, 6.07) is 9.44. The fourth-order valence-electron chi connectivity index (χ4n) is 2.58. The lowest BCUT2D eigenvalue weighted by Gasteiger charge is -2.14. The lowest BCUT2D eigenvalue weighted by Crippen LogP contribution is -2.28. The van der Waals surface area contributed by atoms with Crippen LogP contribution in [0, 0.1) is 18.2 Å². The smallest absolute Gasteiger partial charge is 0.294 e. The van der Waals surface area contributed by atoms with Crippen molar-refractivity contribution in [2.24, 2.45) is 0 Å². The van der Waals surface area contributed by atoms with Gasteiger partial charge in [0.2, 0.25) is 0 Å². The van der Waals surface area contributed by atoms with Crippen molar-refractivity contribution in [1.82, 2.24) is 4.90 Å². The predicted molar refractivity (Wildman–Crippen MR) is 113 cm³/mol. The topological polar surface area (TPSA) is 55.8 Å². The highest BCUT2D eigenvalue weighted by Crippen LogP contribution is 2.39. The van der Waals surface area contributed by atoms with E-state index in [0.717, 1.165) is 22.2 Å². The van der Waals surface area contributed by atoms with E-state index in [1.54, 1.807) is 30.3 Å². The molecule has 0 aliphatic carbocycles. The molecule has 0 unspecified atom stereocenters. The summed E-state index contributed by atoms with van der Waals surface area (Å²) in [6.45, 7) is 0.157. The third-order valence-corrected chi connectivity index (χ3v) is 5.47. The Morgan fingerprint density at radius 3 is 2.66 bits per heavy atom. The lowest BCUT2D eigenvalue weighted by atomic mass is 10.1. The number of amides is 2. The molecule has 2 aromatic carbocycles. The summed E-state index contributed by atoms with van der Waals surface area (Å²) in [6.07, 6.45) is 6.80. The molecule has 5 nitrogen and oxygen atoms in total. The van der Waals surface area contributed by atoms with Gasteiger partial charge in [-0.1, -0.05) is 18.1 Å². The fraction of sp³-hybridized carbons (Fsp3) is 0.143. The Balaban J connectivity index is 1.83. The van der Waals surface area contributed by atoms with E-state index < -0.39 is 11.1 Å². The van der Waals surface area contributed by atoms with Gasteiger partial charge in [0.1, 0.15) is 12.4 Å². The van der Waals surface area contributed by atoms with Gasteiger partial charge in [-0.2, -0.15) is 0 Å². The van der Waals surface area contributed by atoms with E-state index in [9.17, 15) is 14.0 Å². The molecular formula is C21H15BrFNO4S. The predicted octanol–water partition coefficient (Wildman–Crippen LogP) is 4.85. The minimum Gasteiger partial charge on any atom is -0.493 e. The largest absolute Gasteiger partial charge is 0.493 e. The Kier molecular flexibility index (Phi) is 6.62. The summed E-state index contributed by atoms with van der Waals surface area (Å²) >= 11 is 4.28. The highest BCUT2D eigenvalue weighted by molar-refractivity contribution is 9.10. The average Bonchev–Trinajstić information content (AvgIpc) is 2.96. The molecule has 29 heavy (non-hydrogen) atoms. The van der Waals surface area contributed by atoms with Crippen molar-refractivity contribution in [1.29, 1.82) is 0 Å². The summed E-state index contributed by atoms with van der Waals surface area (Å²) in [4.78, 5) is 25.5. The molecule has 2 amide bonds. The number of carbonyl (C=O) groups excluding carboxylic acids is 2. The number of carbonyl (C=O) groups is 2. The van der Waals surface area contributed by atoms with Crippen LogP contribution >= 0.6 is 27.7 Å². The van der Waals surface area contributed by atoms with Crippen molar-refractivity contribution in [2.75, 3.05) is 13.7 Å². The van der Waals surface area contributed by atoms with Crippen molar-refractivity contribution in [3.63, 3.8) is 0 Å². The molecule has 2 aromatic rings. The van der Waals surface area contributed by atoms with E-state index in [2.05, 4.69) is 21.9 Å². The van der Waals surface area contributed by atoms with Crippen LogP contribution in [0.2, 0.25) is 0 Å². The number of nitrogens with zero attached hydrogens (tertiary/aromatic N) is 1. The van der Waals surface area contributed by atoms with Crippen molar-refractivity contribution in [3.8, 4) is 23.8 Å². The summed E-state index contributed by atoms with van der Waals surface area (Å²) in [5, 5.41) is -0.399. The third kappa shape index (κ3) is 4.81. The van der Waals surface area contributed by atoms with Crippen LogP contribution in [-0.4, -0.2) is 29.7 Å². The van der Waals surface area contributed by atoms with Crippen LogP contribution in [0.5, 0.6) is 11.5 Å². The highest BCUT2D eigenvalue weighted by Gasteiger charge is 2.34. The Morgan fingerprint density at radius 1 is 1.28 bits per heavy atom. The number of hydrogen-bond donors (Lipinski definition) is 0. The molecule has 0 bridgehead atoms. The number of ether oxygens (including phenoxy) is 2. The Labute approximate surface area is 180 Å². The van der Waals surface area contributed by atoms with Gasteiger partial charge in [-0.25, -0.2) is 4.39 Å². The van der Waals surface area contributed by atoms with Crippen molar-refractivity contribution in [3.05, 3.63) is 62.7 Å². The van der Waals surface area contributed by atoms with Gasteiger partial charge in [0.25, 0.3) is 11.1 Å². The molecule has 148 valence electrons. The molecule has 0 aromatic heterocycles. The molecule has 1 heterocycles. The van der Waals surface area contributed by atoms with Crippen molar-refractivity contribution in [2.45, 2.75) is 6.61 Å². The van der Waals surface area contributed by atoms with Gasteiger partial charge in [0, 0.05) is 0 Å². The Hall–Kier alpha value is -2.76. The molecule has 8 heteroatoms. The van der Waals surface area contributed by atoms with Gasteiger partial charge in [0.05, 0.1) is 23.0 Å². The first-order chi connectivity index (χ1) is 13.9. The Bertz CT molecular complexity index is 1030. The summed E-state index contributed by atoms with van der Waals surface area (Å²) < 4.78 is 24.9. The van der Waals surface area contributed by atoms with Crippen LogP contribution in [0.25, 0.3) is 6.08 Å². The molecule has 0 atom stereocenters. The summed E-state index contributed by atoms with van der Waals surface area (Å²) in [7, 11) is 1.50. The van der Waals surface area contributed by atoms with Gasteiger partial charge in [0.15, 0.2) is 11.5 Å². The van der Waals surface area contributed by atoms with Crippen LogP contribution in [-0.2, 0) is 11.4 Å². The molecule has 0 radical (unpaired) electrons.